The van der Waals surface area contributed by atoms with Crippen molar-refractivity contribution in [2.75, 3.05) is 46.4 Å². The van der Waals surface area contributed by atoms with Crippen LogP contribution in [0, 0.1) is 12.8 Å². The van der Waals surface area contributed by atoms with Crippen molar-refractivity contribution in [1.29, 1.82) is 0 Å². The van der Waals surface area contributed by atoms with E-state index in [1.165, 1.54) is 24.9 Å². The van der Waals surface area contributed by atoms with Crippen LogP contribution in [0.15, 0.2) is 29.3 Å². The third-order valence-electron chi connectivity index (χ3n) is 4.26. The molecule has 24 heavy (non-hydrogen) atoms. The molecule has 134 valence electrons. The number of likely N-dealkylation sites (tertiary alicyclic amines) is 1. The van der Waals surface area contributed by atoms with Crippen LogP contribution in [0.1, 0.15) is 25.3 Å². The summed E-state index contributed by atoms with van der Waals surface area (Å²) < 4.78 is 5.75. The Bertz CT molecular complexity index is 501. The maximum Gasteiger partial charge on any atom is 0.191 e. The Morgan fingerprint density at radius 3 is 2.79 bits per heavy atom. The summed E-state index contributed by atoms with van der Waals surface area (Å²) in [5.74, 6) is 2.47. The molecule has 1 unspecified atom stereocenters. The summed E-state index contributed by atoms with van der Waals surface area (Å²) >= 11 is 0. The summed E-state index contributed by atoms with van der Waals surface area (Å²) in [5.41, 5.74) is 1.25. The van der Waals surface area contributed by atoms with Gasteiger partial charge in [-0.3, -0.25) is 4.99 Å². The Hall–Kier alpha value is -1.75. The second kappa shape index (κ2) is 10.2. The van der Waals surface area contributed by atoms with Gasteiger partial charge in [0.2, 0.25) is 0 Å². The van der Waals surface area contributed by atoms with E-state index in [-0.39, 0.29) is 0 Å². The van der Waals surface area contributed by atoms with Crippen molar-refractivity contribution >= 4 is 5.96 Å². The summed E-state index contributed by atoms with van der Waals surface area (Å²) in [5, 5.41) is 6.66. The minimum absolute atomic E-state index is 0.625. The Morgan fingerprint density at radius 1 is 1.29 bits per heavy atom. The van der Waals surface area contributed by atoms with Gasteiger partial charge in [0.15, 0.2) is 5.96 Å². The van der Waals surface area contributed by atoms with Crippen LogP contribution in [-0.2, 0) is 0 Å². The van der Waals surface area contributed by atoms with Crippen LogP contribution >= 0.6 is 0 Å². The standard InChI is InChI=1S/C19H32N4O/c1-4-20-19(22-14-17-6-5-12-23(3)15-17)21-11-13-24-18-9-7-16(2)8-10-18/h7-10,17H,4-6,11-15H2,1-3H3,(H2,20,21,22). The molecule has 5 nitrogen and oxygen atoms in total. The van der Waals surface area contributed by atoms with Crippen molar-refractivity contribution in [2.45, 2.75) is 26.7 Å². The molecule has 2 N–H and O–H groups in total. The van der Waals surface area contributed by atoms with E-state index in [0.717, 1.165) is 37.9 Å². The van der Waals surface area contributed by atoms with E-state index in [1.807, 2.05) is 12.1 Å². The fourth-order valence-electron chi connectivity index (χ4n) is 2.96. The SMILES string of the molecule is CCNC(=NCC1CCCN(C)C1)NCCOc1ccc(C)cc1. The van der Waals surface area contributed by atoms with Gasteiger partial charge in [0.25, 0.3) is 0 Å². The number of rotatable bonds is 7. The van der Waals surface area contributed by atoms with E-state index in [0.29, 0.717) is 12.5 Å². The van der Waals surface area contributed by atoms with Gasteiger partial charge >= 0.3 is 0 Å². The van der Waals surface area contributed by atoms with Crippen molar-refractivity contribution < 1.29 is 4.74 Å². The number of aryl methyl sites for hydroxylation is 1. The van der Waals surface area contributed by atoms with Gasteiger partial charge in [-0.25, -0.2) is 0 Å². The molecular weight excluding hydrogens is 300 g/mol. The van der Waals surface area contributed by atoms with Gasteiger partial charge in [0.05, 0.1) is 6.54 Å². The lowest BCUT2D eigenvalue weighted by Crippen LogP contribution is -2.40. The highest BCUT2D eigenvalue weighted by molar-refractivity contribution is 5.79. The summed E-state index contributed by atoms with van der Waals surface area (Å²) in [6.45, 7) is 9.66. The molecular formula is C19H32N4O. The van der Waals surface area contributed by atoms with E-state index < -0.39 is 0 Å². The smallest absolute Gasteiger partial charge is 0.191 e. The van der Waals surface area contributed by atoms with Crippen molar-refractivity contribution in [3.63, 3.8) is 0 Å². The maximum absolute atomic E-state index is 5.75. The number of hydrogen-bond acceptors (Lipinski definition) is 3. The topological polar surface area (TPSA) is 48.9 Å². The number of ether oxygens (including phenoxy) is 1. The fraction of sp³-hybridized carbons (Fsp3) is 0.632. The van der Waals surface area contributed by atoms with Gasteiger partial charge in [0, 0.05) is 19.6 Å². The zero-order valence-corrected chi connectivity index (χ0v) is 15.3. The summed E-state index contributed by atoms with van der Waals surface area (Å²) in [7, 11) is 2.20. The predicted molar refractivity (Wildman–Crippen MR) is 101 cm³/mol. The summed E-state index contributed by atoms with van der Waals surface area (Å²) in [6, 6.07) is 8.15. The number of aliphatic imine (C=N–C) groups is 1. The van der Waals surface area contributed by atoms with E-state index in [1.54, 1.807) is 0 Å². The maximum atomic E-state index is 5.75. The number of hydrogen-bond donors (Lipinski definition) is 2. The van der Waals surface area contributed by atoms with E-state index in [9.17, 15) is 0 Å². The quantitative estimate of drug-likeness (QED) is 0.457. The second-order valence-corrected chi connectivity index (χ2v) is 6.58. The summed E-state index contributed by atoms with van der Waals surface area (Å²) in [4.78, 5) is 7.14. The van der Waals surface area contributed by atoms with Gasteiger partial charge in [-0.1, -0.05) is 17.7 Å². The fourth-order valence-corrected chi connectivity index (χ4v) is 2.96. The molecule has 1 fully saturated rings. The molecule has 0 aromatic heterocycles. The van der Waals surface area contributed by atoms with Crippen LogP contribution in [0.3, 0.4) is 0 Å². The Kier molecular flexibility index (Phi) is 7.89. The average molecular weight is 332 g/mol. The first-order valence-corrected chi connectivity index (χ1v) is 9.07. The average Bonchev–Trinajstić information content (AvgIpc) is 2.58. The van der Waals surface area contributed by atoms with Crippen molar-refractivity contribution in [2.24, 2.45) is 10.9 Å². The molecule has 1 aromatic rings. The largest absolute Gasteiger partial charge is 0.492 e. The van der Waals surface area contributed by atoms with Crippen LogP contribution in [-0.4, -0.2) is 57.2 Å². The molecule has 0 amide bonds. The van der Waals surface area contributed by atoms with E-state index in [4.69, 9.17) is 9.73 Å². The third-order valence-corrected chi connectivity index (χ3v) is 4.26. The second-order valence-electron chi connectivity index (χ2n) is 6.58. The first kappa shape index (κ1) is 18.6. The molecule has 1 saturated heterocycles. The minimum Gasteiger partial charge on any atom is -0.492 e. The molecule has 0 radical (unpaired) electrons. The zero-order valence-electron chi connectivity index (χ0n) is 15.3. The first-order valence-electron chi connectivity index (χ1n) is 9.07. The highest BCUT2D eigenvalue weighted by Gasteiger charge is 2.16. The van der Waals surface area contributed by atoms with Gasteiger partial charge in [-0.05, 0) is 58.3 Å². The van der Waals surface area contributed by atoms with E-state index >= 15 is 0 Å². The molecule has 2 rings (SSSR count). The molecule has 1 aromatic carbocycles. The Balaban J connectivity index is 1.71. The zero-order chi connectivity index (χ0) is 17.2. The van der Waals surface area contributed by atoms with Crippen LogP contribution in [0.5, 0.6) is 5.75 Å². The highest BCUT2D eigenvalue weighted by atomic mass is 16.5. The van der Waals surface area contributed by atoms with Crippen LogP contribution in [0.25, 0.3) is 0 Å². The Morgan fingerprint density at radius 2 is 2.08 bits per heavy atom. The number of piperidine rings is 1. The molecule has 0 saturated carbocycles. The molecule has 1 atom stereocenters. The first-order chi connectivity index (χ1) is 11.7. The van der Waals surface area contributed by atoms with Crippen LogP contribution in [0.4, 0.5) is 0 Å². The number of nitrogens with one attached hydrogen (secondary N) is 2. The minimum atomic E-state index is 0.625. The number of nitrogens with zero attached hydrogens (tertiary/aromatic N) is 2. The normalized spacial score (nSPS) is 19.1. The van der Waals surface area contributed by atoms with Gasteiger partial charge in [0.1, 0.15) is 12.4 Å². The molecule has 1 heterocycles. The molecule has 0 bridgehead atoms. The Labute approximate surface area is 146 Å². The molecule has 0 aliphatic carbocycles. The van der Waals surface area contributed by atoms with Crippen LogP contribution < -0.4 is 15.4 Å². The lowest BCUT2D eigenvalue weighted by Gasteiger charge is -2.28. The van der Waals surface area contributed by atoms with Crippen molar-refractivity contribution in [3.8, 4) is 5.75 Å². The summed E-state index contributed by atoms with van der Waals surface area (Å²) in [6.07, 6.45) is 2.56. The molecule has 1 aliphatic rings. The van der Waals surface area contributed by atoms with Crippen molar-refractivity contribution in [1.82, 2.24) is 15.5 Å². The van der Waals surface area contributed by atoms with Gasteiger partial charge < -0.3 is 20.3 Å². The lowest BCUT2D eigenvalue weighted by atomic mass is 9.99. The van der Waals surface area contributed by atoms with Crippen LogP contribution in [0.2, 0.25) is 0 Å². The monoisotopic (exact) mass is 332 g/mol. The predicted octanol–water partition coefficient (Wildman–Crippen LogP) is 2.27. The molecule has 5 heteroatoms. The van der Waals surface area contributed by atoms with Crippen molar-refractivity contribution in [3.05, 3.63) is 29.8 Å². The number of benzene rings is 1. The third kappa shape index (κ3) is 6.79. The lowest BCUT2D eigenvalue weighted by molar-refractivity contribution is 0.214. The number of guanidine groups is 1. The van der Waals surface area contributed by atoms with Gasteiger partial charge in [-0.2, -0.15) is 0 Å². The molecule has 0 spiro atoms. The molecule has 1 aliphatic heterocycles. The van der Waals surface area contributed by atoms with Gasteiger partial charge in [-0.15, -0.1) is 0 Å². The van der Waals surface area contributed by atoms with E-state index in [2.05, 4.69) is 48.6 Å². The highest BCUT2D eigenvalue weighted by Crippen LogP contribution is 2.15.